The molecular weight excluding hydrogens is 336 g/mol. The molecule has 9 heteroatoms. The molecule has 0 unspecified atom stereocenters. The largest absolute Gasteiger partial charge is 0.500 e. The lowest BCUT2D eigenvalue weighted by Gasteiger charge is -2.26. The van der Waals surface area contributed by atoms with Crippen LogP contribution in [0.2, 0.25) is 6.04 Å². The minimum atomic E-state index is -3.12. The Morgan fingerprint density at radius 2 is 1.48 bits per heavy atom. The summed E-state index contributed by atoms with van der Waals surface area (Å²) in [5.41, 5.74) is 0. The van der Waals surface area contributed by atoms with E-state index < -0.39 is 18.8 Å². The zero-order valence-corrected chi connectivity index (χ0v) is 17.3. The van der Waals surface area contributed by atoms with Gasteiger partial charge in [0.1, 0.15) is 0 Å². The minimum absolute atomic E-state index is 0.230. The van der Waals surface area contributed by atoms with Gasteiger partial charge in [-0.3, -0.25) is 0 Å². The van der Waals surface area contributed by atoms with Crippen molar-refractivity contribution in [2.24, 2.45) is 0 Å². The maximum Gasteiger partial charge on any atom is 0.500 e. The molecule has 0 spiro atoms. The second-order valence-electron chi connectivity index (χ2n) is 5.69. The number of likely N-dealkylation sites (N-methyl/N-ethyl adjacent to an activating group) is 2. The van der Waals surface area contributed by atoms with Crippen molar-refractivity contribution in [2.45, 2.75) is 32.2 Å². The van der Waals surface area contributed by atoms with Gasteiger partial charge in [0.2, 0.25) is 10.0 Å². The van der Waals surface area contributed by atoms with Crippen molar-refractivity contribution in [3.8, 4) is 0 Å². The van der Waals surface area contributed by atoms with Crippen molar-refractivity contribution < 1.29 is 21.7 Å². The molecule has 0 saturated heterocycles. The van der Waals surface area contributed by atoms with E-state index in [-0.39, 0.29) is 5.75 Å². The Balaban J connectivity index is 4.14. The summed E-state index contributed by atoms with van der Waals surface area (Å²) in [6.45, 7) is 4.04. The number of hydrogen-bond donors (Lipinski definition) is 0. The Morgan fingerprint density at radius 3 is 1.96 bits per heavy atom. The van der Waals surface area contributed by atoms with Gasteiger partial charge in [-0.05, 0) is 26.4 Å². The number of unbranched alkanes of at least 4 members (excludes halogenated alkanes) is 1. The van der Waals surface area contributed by atoms with Gasteiger partial charge in [0.05, 0.1) is 5.75 Å². The highest BCUT2D eigenvalue weighted by Gasteiger charge is 2.36. The summed E-state index contributed by atoms with van der Waals surface area (Å²) in [6, 6.07) is 0.742. The van der Waals surface area contributed by atoms with Gasteiger partial charge in [-0.1, -0.05) is 13.3 Å². The summed E-state index contributed by atoms with van der Waals surface area (Å²) in [5, 5.41) is 0. The third kappa shape index (κ3) is 8.57. The van der Waals surface area contributed by atoms with Crippen LogP contribution < -0.4 is 0 Å². The molecule has 0 radical (unpaired) electrons. The molecular formula is C14H34N2O5SSi. The van der Waals surface area contributed by atoms with Crippen LogP contribution >= 0.6 is 0 Å². The predicted molar refractivity (Wildman–Crippen MR) is 95.0 cm³/mol. The van der Waals surface area contributed by atoms with E-state index in [4.69, 9.17) is 13.3 Å². The Bertz CT molecular complexity index is 396. The van der Waals surface area contributed by atoms with E-state index >= 15 is 0 Å². The molecule has 0 N–H and O–H groups in total. The summed E-state index contributed by atoms with van der Waals surface area (Å²) in [4.78, 5) is 2.12. The number of sulfonamides is 1. The zero-order chi connectivity index (χ0) is 17.9. The maximum atomic E-state index is 12.0. The van der Waals surface area contributed by atoms with Crippen molar-refractivity contribution in [1.82, 2.24) is 9.21 Å². The molecule has 140 valence electrons. The first-order chi connectivity index (χ1) is 10.8. The summed E-state index contributed by atoms with van der Waals surface area (Å²) >= 11 is 0. The van der Waals surface area contributed by atoms with Gasteiger partial charge >= 0.3 is 8.80 Å². The van der Waals surface area contributed by atoms with E-state index in [2.05, 4.69) is 4.90 Å². The Morgan fingerprint density at radius 1 is 0.913 bits per heavy atom. The van der Waals surface area contributed by atoms with Gasteiger partial charge in [-0.2, -0.15) is 0 Å². The van der Waals surface area contributed by atoms with Crippen LogP contribution in [0.5, 0.6) is 0 Å². The van der Waals surface area contributed by atoms with Crippen molar-refractivity contribution in [2.75, 3.05) is 60.8 Å². The maximum absolute atomic E-state index is 12.0. The number of nitrogens with zero attached hydrogens (tertiary/aromatic N) is 2. The first kappa shape index (κ1) is 23.0. The predicted octanol–water partition coefficient (Wildman–Crippen LogP) is 1.25. The van der Waals surface area contributed by atoms with Gasteiger partial charge in [0.15, 0.2) is 0 Å². The highest BCUT2D eigenvalue weighted by molar-refractivity contribution is 7.89. The molecule has 0 aromatic heterocycles. The third-order valence-electron chi connectivity index (χ3n) is 3.98. The van der Waals surface area contributed by atoms with Gasteiger partial charge < -0.3 is 18.2 Å². The minimum Gasteiger partial charge on any atom is -0.377 e. The first-order valence-electron chi connectivity index (χ1n) is 8.05. The lowest BCUT2D eigenvalue weighted by Crippen LogP contribution is -2.43. The highest BCUT2D eigenvalue weighted by atomic mass is 32.2. The van der Waals surface area contributed by atoms with Crippen LogP contribution in [0.25, 0.3) is 0 Å². The average molecular weight is 371 g/mol. The van der Waals surface area contributed by atoms with E-state index in [1.165, 1.54) is 4.31 Å². The van der Waals surface area contributed by atoms with Crippen LogP contribution in [-0.2, 0) is 23.3 Å². The molecule has 0 aromatic rings. The van der Waals surface area contributed by atoms with Crippen LogP contribution in [0.15, 0.2) is 0 Å². The van der Waals surface area contributed by atoms with Crippen LogP contribution in [0, 0.1) is 0 Å². The van der Waals surface area contributed by atoms with Crippen molar-refractivity contribution in [3.05, 3.63) is 0 Å². The first-order valence-corrected chi connectivity index (χ1v) is 11.6. The molecule has 0 amide bonds. The van der Waals surface area contributed by atoms with Crippen LogP contribution in [0.3, 0.4) is 0 Å². The normalized spacial score (nSPS) is 13.2. The summed E-state index contributed by atoms with van der Waals surface area (Å²) in [5.74, 6) is 0.230. The fourth-order valence-corrected chi connectivity index (χ4v) is 5.20. The lowest BCUT2D eigenvalue weighted by atomic mass is 10.4. The lowest BCUT2D eigenvalue weighted by molar-refractivity contribution is 0.121. The molecule has 23 heavy (non-hydrogen) atoms. The standard InChI is InChI=1S/C14H34N2O5SSi/c1-7-8-13-22(17,18)16(3)12-11-15(2)10-9-14-23(19-4,20-5)21-6/h7-14H2,1-6H3. The second-order valence-corrected chi connectivity index (χ2v) is 11.0. The van der Waals surface area contributed by atoms with Gasteiger partial charge in [-0.25, -0.2) is 12.7 Å². The molecule has 0 aliphatic rings. The molecule has 0 heterocycles. The van der Waals surface area contributed by atoms with Crippen LogP contribution in [0.4, 0.5) is 0 Å². The van der Waals surface area contributed by atoms with Crippen LogP contribution in [0.1, 0.15) is 26.2 Å². The molecule has 0 saturated carbocycles. The highest BCUT2D eigenvalue weighted by Crippen LogP contribution is 2.15. The van der Waals surface area contributed by atoms with Gasteiger partial charge in [-0.15, -0.1) is 0 Å². The molecule has 0 bridgehead atoms. The van der Waals surface area contributed by atoms with E-state index in [9.17, 15) is 8.42 Å². The Kier molecular flexibility index (Phi) is 11.5. The Hall–Kier alpha value is -0.0331. The number of hydrogen-bond acceptors (Lipinski definition) is 6. The average Bonchev–Trinajstić information content (AvgIpc) is 2.55. The van der Waals surface area contributed by atoms with Crippen LogP contribution in [-0.4, -0.2) is 87.2 Å². The fraction of sp³-hybridized carbons (Fsp3) is 1.00. The summed E-state index contributed by atoms with van der Waals surface area (Å²) < 4.78 is 41.7. The van der Waals surface area contributed by atoms with E-state index in [0.29, 0.717) is 19.5 Å². The molecule has 0 rings (SSSR count). The second kappa shape index (κ2) is 11.5. The molecule has 0 fully saturated rings. The fourth-order valence-electron chi connectivity index (χ4n) is 2.17. The van der Waals surface area contributed by atoms with Gasteiger partial charge in [0, 0.05) is 47.5 Å². The van der Waals surface area contributed by atoms with Crippen molar-refractivity contribution in [1.29, 1.82) is 0 Å². The molecule has 7 nitrogen and oxygen atoms in total. The van der Waals surface area contributed by atoms with E-state index in [1.54, 1.807) is 28.4 Å². The summed E-state index contributed by atoms with van der Waals surface area (Å²) in [7, 11) is 2.84. The summed E-state index contributed by atoms with van der Waals surface area (Å²) in [6.07, 6.45) is 2.47. The van der Waals surface area contributed by atoms with Crippen molar-refractivity contribution >= 4 is 18.8 Å². The van der Waals surface area contributed by atoms with E-state index in [0.717, 1.165) is 25.4 Å². The zero-order valence-electron chi connectivity index (χ0n) is 15.5. The molecule has 0 aliphatic heterocycles. The quantitative estimate of drug-likeness (QED) is 0.429. The molecule has 0 aliphatic carbocycles. The molecule has 0 atom stereocenters. The topological polar surface area (TPSA) is 68.3 Å². The Labute approximate surface area is 143 Å². The number of rotatable bonds is 14. The monoisotopic (exact) mass is 370 g/mol. The molecule has 0 aromatic carbocycles. The third-order valence-corrected chi connectivity index (χ3v) is 8.75. The smallest absolute Gasteiger partial charge is 0.377 e. The van der Waals surface area contributed by atoms with E-state index in [1.807, 2.05) is 14.0 Å². The van der Waals surface area contributed by atoms with Crippen molar-refractivity contribution in [3.63, 3.8) is 0 Å². The van der Waals surface area contributed by atoms with Gasteiger partial charge in [0.25, 0.3) is 0 Å². The SMILES string of the molecule is CCCCS(=O)(=O)N(C)CCN(C)CCC[Si](OC)(OC)OC.